The van der Waals surface area contributed by atoms with Crippen LogP contribution in [0.5, 0.6) is 0 Å². The molecular formula is C15H21N3O3. The summed E-state index contributed by atoms with van der Waals surface area (Å²) in [5.74, 6) is -1.04. The Hall–Kier alpha value is -2.37. The highest BCUT2D eigenvalue weighted by Crippen LogP contribution is 2.06. The molecule has 0 saturated heterocycles. The second-order valence-electron chi connectivity index (χ2n) is 5.20. The number of hydrogen-bond donors (Lipinski definition) is 3. The first-order chi connectivity index (χ1) is 9.81. The van der Waals surface area contributed by atoms with Crippen LogP contribution < -0.4 is 16.4 Å². The van der Waals surface area contributed by atoms with Crippen LogP contribution in [0.3, 0.4) is 0 Å². The van der Waals surface area contributed by atoms with E-state index in [0.717, 1.165) is 5.56 Å². The summed E-state index contributed by atoms with van der Waals surface area (Å²) < 4.78 is 0. The average molecular weight is 291 g/mol. The quantitative estimate of drug-likeness (QED) is 0.714. The summed E-state index contributed by atoms with van der Waals surface area (Å²) in [5, 5.41) is 5.37. The normalized spacial score (nSPS) is 11.8. The third-order valence-corrected chi connectivity index (χ3v) is 2.99. The first-order valence-electron chi connectivity index (χ1n) is 6.74. The van der Waals surface area contributed by atoms with Gasteiger partial charge in [-0.15, -0.1) is 0 Å². The van der Waals surface area contributed by atoms with Gasteiger partial charge in [-0.1, -0.05) is 26.0 Å². The minimum Gasteiger partial charge on any atom is -0.366 e. The Kier molecular flexibility index (Phi) is 5.90. The Balaban J connectivity index is 2.68. The maximum atomic E-state index is 12.1. The summed E-state index contributed by atoms with van der Waals surface area (Å²) >= 11 is 0. The third kappa shape index (κ3) is 5.25. The van der Waals surface area contributed by atoms with E-state index in [1.54, 1.807) is 24.3 Å². The Labute approximate surface area is 124 Å². The fraction of sp³-hybridized carbons (Fsp3) is 0.400. The Bertz CT molecular complexity index is 541. The topological polar surface area (TPSA) is 101 Å². The SMILES string of the molecule is CC(=O)N[C@@H](C(=O)NCc1cccc(C(N)=O)c1)C(C)C. The molecule has 0 aliphatic rings. The van der Waals surface area contributed by atoms with Gasteiger partial charge in [0.05, 0.1) is 0 Å². The Morgan fingerprint density at radius 3 is 2.43 bits per heavy atom. The summed E-state index contributed by atoms with van der Waals surface area (Å²) in [4.78, 5) is 34.3. The van der Waals surface area contributed by atoms with Crippen molar-refractivity contribution in [2.24, 2.45) is 11.7 Å². The molecule has 0 heterocycles. The minimum absolute atomic E-state index is 0.0224. The number of benzene rings is 1. The lowest BCUT2D eigenvalue weighted by molar-refractivity contribution is -0.129. The largest absolute Gasteiger partial charge is 0.366 e. The molecule has 0 saturated carbocycles. The van der Waals surface area contributed by atoms with Gasteiger partial charge in [-0.25, -0.2) is 0 Å². The van der Waals surface area contributed by atoms with Crippen molar-refractivity contribution in [1.82, 2.24) is 10.6 Å². The number of carbonyl (C=O) groups excluding carboxylic acids is 3. The van der Waals surface area contributed by atoms with Crippen molar-refractivity contribution in [3.63, 3.8) is 0 Å². The number of amides is 3. The molecule has 6 nitrogen and oxygen atoms in total. The van der Waals surface area contributed by atoms with Gasteiger partial charge < -0.3 is 16.4 Å². The van der Waals surface area contributed by atoms with E-state index in [2.05, 4.69) is 10.6 Å². The van der Waals surface area contributed by atoms with Gasteiger partial charge in [-0.05, 0) is 23.6 Å². The monoisotopic (exact) mass is 291 g/mol. The molecule has 0 aliphatic carbocycles. The van der Waals surface area contributed by atoms with Crippen LogP contribution in [-0.4, -0.2) is 23.8 Å². The minimum atomic E-state index is -0.582. The van der Waals surface area contributed by atoms with Crippen molar-refractivity contribution in [3.05, 3.63) is 35.4 Å². The number of hydrogen-bond acceptors (Lipinski definition) is 3. The molecule has 0 radical (unpaired) electrons. The van der Waals surface area contributed by atoms with E-state index in [1.165, 1.54) is 6.92 Å². The number of primary amides is 1. The number of rotatable bonds is 6. The molecule has 0 aromatic heterocycles. The van der Waals surface area contributed by atoms with Crippen LogP contribution in [0.4, 0.5) is 0 Å². The fourth-order valence-electron chi connectivity index (χ4n) is 1.89. The lowest BCUT2D eigenvalue weighted by Crippen LogP contribution is -2.48. The molecule has 6 heteroatoms. The molecule has 1 aromatic rings. The van der Waals surface area contributed by atoms with Crippen LogP contribution in [0.25, 0.3) is 0 Å². The van der Waals surface area contributed by atoms with Crippen molar-refractivity contribution in [2.45, 2.75) is 33.4 Å². The Morgan fingerprint density at radius 1 is 1.24 bits per heavy atom. The van der Waals surface area contributed by atoms with Crippen molar-refractivity contribution in [2.75, 3.05) is 0 Å². The van der Waals surface area contributed by atoms with Crippen LogP contribution >= 0.6 is 0 Å². The molecule has 0 fully saturated rings. The van der Waals surface area contributed by atoms with Gasteiger partial charge in [0.25, 0.3) is 0 Å². The van der Waals surface area contributed by atoms with Crippen molar-refractivity contribution in [1.29, 1.82) is 0 Å². The fourth-order valence-corrected chi connectivity index (χ4v) is 1.89. The van der Waals surface area contributed by atoms with E-state index in [0.29, 0.717) is 5.56 Å². The van der Waals surface area contributed by atoms with E-state index < -0.39 is 11.9 Å². The molecule has 1 rings (SSSR count). The number of carbonyl (C=O) groups is 3. The van der Waals surface area contributed by atoms with E-state index in [1.807, 2.05) is 13.8 Å². The summed E-state index contributed by atoms with van der Waals surface area (Å²) in [5.41, 5.74) is 6.37. The average Bonchev–Trinajstić information content (AvgIpc) is 2.42. The molecule has 3 amide bonds. The highest BCUT2D eigenvalue weighted by molar-refractivity contribution is 5.93. The third-order valence-electron chi connectivity index (χ3n) is 2.99. The van der Waals surface area contributed by atoms with Gasteiger partial charge in [0.2, 0.25) is 17.7 Å². The van der Waals surface area contributed by atoms with Crippen LogP contribution in [0.1, 0.15) is 36.7 Å². The van der Waals surface area contributed by atoms with E-state index in [-0.39, 0.29) is 24.3 Å². The predicted molar refractivity (Wildman–Crippen MR) is 79.2 cm³/mol. The molecule has 1 aromatic carbocycles. The summed E-state index contributed by atoms with van der Waals surface area (Å²) in [7, 11) is 0. The Morgan fingerprint density at radius 2 is 1.90 bits per heavy atom. The second-order valence-corrected chi connectivity index (χ2v) is 5.20. The smallest absolute Gasteiger partial charge is 0.248 e. The van der Waals surface area contributed by atoms with Gasteiger partial charge in [-0.2, -0.15) is 0 Å². The standard InChI is InChI=1S/C15H21N3O3/c1-9(2)13(18-10(3)19)15(21)17-8-11-5-4-6-12(7-11)14(16)20/h4-7,9,13H,8H2,1-3H3,(H2,16,20)(H,17,21)(H,18,19)/t13-/m1/s1. The zero-order valence-corrected chi connectivity index (χ0v) is 12.5. The molecular weight excluding hydrogens is 270 g/mol. The van der Waals surface area contributed by atoms with E-state index in [9.17, 15) is 14.4 Å². The summed E-state index contributed by atoms with van der Waals surface area (Å²) in [6.07, 6.45) is 0. The molecule has 0 bridgehead atoms. The maximum absolute atomic E-state index is 12.1. The maximum Gasteiger partial charge on any atom is 0.248 e. The number of nitrogens with one attached hydrogen (secondary N) is 2. The van der Waals surface area contributed by atoms with Gasteiger partial charge in [0.1, 0.15) is 6.04 Å². The predicted octanol–water partition coefficient (Wildman–Crippen LogP) is 0.562. The van der Waals surface area contributed by atoms with Crippen molar-refractivity contribution >= 4 is 17.7 Å². The molecule has 1 atom stereocenters. The van der Waals surface area contributed by atoms with Gasteiger partial charge in [0, 0.05) is 19.0 Å². The molecule has 0 unspecified atom stereocenters. The van der Waals surface area contributed by atoms with E-state index >= 15 is 0 Å². The number of nitrogens with two attached hydrogens (primary N) is 1. The zero-order valence-electron chi connectivity index (χ0n) is 12.5. The lowest BCUT2D eigenvalue weighted by Gasteiger charge is -2.21. The lowest BCUT2D eigenvalue weighted by atomic mass is 10.0. The summed E-state index contributed by atoms with van der Waals surface area (Å²) in [6.45, 7) is 5.35. The molecule has 21 heavy (non-hydrogen) atoms. The highest BCUT2D eigenvalue weighted by atomic mass is 16.2. The first-order valence-corrected chi connectivity index (χ1v) is 6.74. The molecule has 114 valence electrons. The molecule has 0 spiro atoms. The van der Waals surface area contributed by atoms with Crippen LogP contribution in [-0.2, 0) is 16.1 Å². The first kappa shape index (κ1) is 16.7. The molecule has 4 N–H and O–H groups in total. The van der Waals surface area contributed by atoms with Gasteiger partial charge >= 0.3 is 0 Å². The summed E-state index contributed by atoms with van der Waals surface area (Å²) in [6, 6.07) is 6.15. The van der Waals surface area contributed by atoms with Crippen molar-refractivity contribution < 1.29 is 14.4 Å². The van der Waals surface area contributed by atoms with Gasteiger partial charge in [-0.3, -0.25) is 14.4 Å². The van der Waals surface area contributed by atoms with Crippen LogP contribution in [0, 0.1) is 5.92 Å². The van der Waals surface area contributed by atoms with Crippen molar-refractivity contribution in [3.8, 4) is 0 Å². The van der Waals surface area contributed by atoms with Gasteiger partial charge in [0.15, 0.2) is 0 Å². The van der Waals surface area contributed by atoms with E-state index in [4.69, 9.17) is 5.73 Å². The van der Waals surface area contributed by atoms with Crippen LogP contribution in [0.15, 0.2) is 24.3 Å². The second kappa shape index (κ2) is 7.42. The van der Waals surface area contributed by atoms with Crippen LogP contribution in [0.2, 0.25) is 0 Å². The zero-order chi connectivity index (χ0) is 16.0. The molecule has 0 aliphatic heterocycles. The highest BCUT2D eigenvalue weighted by Gasteiger charge is 2.22.